The Labute approximate surface area is 156 Å². The third-order valence-electron chi connectivity index (χ3n) is 5.10. The predicted molar refractivity (Wildman–Crippen MR) is 101 cm³/mol. The smallest absolute Gasteiger partial charge is 0.232 e. The maximum absolute atomic E-state index is 13.8. The highest BCUT2D eigenvalue weighted by molar-refractivity contribution is 7.10. The quantitative estimate of drug-likeness (QED) is 0.743. The first-order chi connectivity index (χ1) is 12.4. The second kappa shape index (κ2) is 6.16. The van der Waals surface area contributed by atoms with Crippen molar-refractivity contribution in [1.29, 1.82) is 0 Å². The van der Waals surface area contributed by atoms with Gasteiger partial charge in [0, 0.05) is 34.9 Å². The zero-order chi connectivity index (χ0) is 18.5. The number of allylic oxidation sites excluding steroid dienone is 2. The minimum atomic E-state index is -0.390. The highest BCUT2D eigenvalue weighted by atomic mass is 32.1. The van der Waals surface area contributed by atoms with Crippen LogP contribution in [0.4, 0.5) is 10.1 Å². The lowest BCUT2D eigenvalue weighted by Crippen LogP contribution is -2.43. The summed E-state index contributed by atoms with van der Waals surface area (Å²) in [4.78, 5) is 28.7. The average molecular weight is 369 g/mol. The number of benzene rings is 1. The van der Waals surface area contributed by atoms with E-state index < -0.39 is 0 Å². The number of rotatable bonds is 2. The summed E-state index contributed by atoms with van der Waals surface area (Å²) in [5, 5.41) is 1.97. The summed E-state index contributed by atoms with van der Waals surface area (Å²) in [5.74, 6) is -0.563. The fraction of sp³-hybridized carbons (Fsp3) is 0.333. The molecular formula is C21H20FNO2S. The minimum absolute atomic E-state index is 0.0850. The number of halogens is 1. The topological polar surface area (TPSA) is 37.4 Å². The van der Waals surface area contributed by atoms with Gasteiger partial charge in [-0.05, 0) is 41.5 Å². The van der Waals surface area contributed by atoms with Gasteiger partial charge in [0.15, 0.2) is 5.78 Å². The molecule has 0 radical (unpaired) electrons. The molecule has 1 aromatic heterocycles. The maximum Gasteiger partial charge on any atom is 0.232 e. The number of anilines is 1. The number of amides is 1. The Hall–Kier alpha value is -2.27. The van der Waals surface area contributed by atoms with Crippen LogP contribution in [0.25, 0.3) is 0 Å². The zero-order valence-corrected chi connectivity index (χ0v) is 15.6. The average Bonchev–Trinajstić information content (AvgIpc) is 3.06. The fourth-order valence-electron chi connectivity index (χ4n) is 4.06. The minimum Gasteiger partial charge on any atom is -0.294 e. The zero-order valence-electron chi connectivity index (χ0n) is 14.8. The van der Waals surface area contributed by atoms with Crippen molar-refractivity contribution in [2.75, 3.05) is 4.90 Å². The maximum atomic E-state index is 13.8. The lowest BCUT2D eigenvalue weighted by Gasteiger charge is -2.42. The van der Waals surface area contributed by atoms with Gasteiger partial charge in [0.05, 0.1) is 5.69 Å². The molecule has 0 fully saturated rings. The van der Waals surface area contributed by atoms with Gasteiger partial charge in [0.2, 0.25) is 5.91 Å². The molecule has 0 spiro atoms. The molecule has 0 bridgehead atoms. The first-order valence-electron chi connectivity index (χ1n) is 8.74. The van der Waals surface area contributed by atoms with E-state index in [2.05, 4.69) is 0 Å². The molecule has 0 unspecified atom stereocenters. The van der Waals surface area contributed by atoms with E-state index in [1.807, 2.05) is 31.4 Å². The van der Waals surface area contributed by atoms with Gasteiger partial charge < -0.3 is 0 Å². The van der Waals surface area contributed by atoms with Crippen molar-refractivity contribution in [3.05, 3.63) is 63.7 Å². The molecule has 2 aromatic rings. The number of nitrogens with zero attached hydrogens (tertiary/aromatic N) is 1. The van der Waals surface area contributed by atoms with E-state index in [0.29, 0.717) is 18.5 Å². The van der Waals surface area contributed by atoms with Crippen molar-refractivity contribution in [2.24, 2.45) is 5.41 Å². The SMILES string of the molecule is CC1(C)CC(=O)C2=C(C1)N(c1cccc(F)c1)C(=O)C[C@@H]2c1cccs1. The van der Waals surface area contributed by atoms with Crippen molar-refractivity contribution >= 4 is 28.7 Å². The number of ketones is 1. The highest BCUT2D eigenvalue weighted by Gasteiger charge is 2.44. The molecular weight excluding hydrogens is 349 g/mol. The van der Waals surface area contributed by atoms with Crippen LogP contribution in [0.2, 0.25) is 0 Å². The predicted octanol–water partition coefficient (Wildman–Crippen LogP) is 5.05. The Morgan fingerprint density at radius 2 is 1.96 bits per heavy atom. The fourth-order valence-corrected chi connectivity index (χ4v) is 4.90. The van der Waals surface area contributed by atoms with Crippen LogP contribution in [0.1, 0.15) is 43.9 Å². The number of carbonyl (C=O) groups excluding carboxylic acids is 2. The molecule has 1 atom stereocenters. The van der Waals surface area contributed by atoms with Crippen molar-refractivity contribution in [3.63, 3.8) is 0 Å². The van der Waals surface area contributed by atoms with Crippen LogP contribution in [0.3, 0.4) is 0 Å². The summed E-state index contributed by atoms with van der Waals surface area (Å²) < 4.78 is 13.8. The molecule has 1 aromatic carbocycles. The summed E-state index contributed by atoms with van der Waals surface area (Å²) in [6.07, 6.45) is 1.33. The summed E-state index contributed by atoms with van der Waals surface area (Å²) in [7, 11) is 0. The number of carbonyl (C=O) groups is 2. The van der Waals surface area contributed by atoms with E-state index in [1.54, 1.807) is 28.4 Å². The Bertz CT molecular complexity index is 914. The van der Waals surface area contributed by atoms with Crippen LogP contribution in [-0.4, -0.2) is 11.7 Å². The lowest BCUT2D eigenvalue weighted by molar-refractivity contribution is -0.120. The molecule has 2 aliphatic rings. The molecule has 0 N–H and O–H groups in total. The van der Waals surface area contributed by atoms with Crippen molar-refractivity contribution < 1.29 is 14.0 Å². The Morgan fingerprint density at radius 1 is 1.15 bits per heavy atom. The van der Waals surface area contributed by atoms with Gasteiger partial charge in [-0.25, -0.2) is 4.39 Å². The standard InChI is InChI=1S/C21H20FNO2S/c1-21(2)11-16-20(17(24)12-21)15(18-7-4-8-26-18)10-19(25)23(16)14-6-3-5-13(22)9-14/h3-9,15H,10-12H2,1-2H3/t15-/m1/s1. The van der Waals surface area contributed by atoms with Gasteiger partial charge in [-0.15, -0.1) is 11.3 Å². The third-order valence-corrected chi connectivity index (χ3v) is 6.08. The van der Waals surface area contributed by atoms with Crippen LogP contribution in [0.15, 0.2) is 53.0 Å². The van der Waals surface area contributed by atoms with Gasteiger partial charge in [0.1, 0.15) is 5.82 Å². The second-order valence-electron chi connectivity index (χ2n) is 7.78. The van der Waals surface area contributed by atoms with E-state index in [9.17, 15) is 14.0 Å². The summed E-state index contributed by atoms with van der Waals surface area (Å²) in [5.41, 5.74) is 1.75. The van der Waals surface area contributed by atoms with E-state index in [-0.39, 0.29) is 35.3 Å². The third kappa shape index (κ3) is 2.90. The van der Waals surface area contributed by atoms with Gasteiger partial charge in [-0.3, -0.25) is 14.5 Å². The van der Waals surface area contributed by atoms with Crippen molar-refractivity contribution in [1.82, 2.24) is 0 Å². The van der Waals surface area contributed by atoms with Crippen molar-refractivity contribution in [3.8, 4) is 0 Å². The Morgan fingerprint density at radius 3 is 2.65 bits per heavy atom. The number of thiophene rings is 1. The van der Waals surface area contributed by atoms with Crippen molar-refractivity contribution in [2.45, 2.75) is 39.0 Å². The molecule has 4 rings (SSSR count). The molecule has 1 aliphatic heterocycles. The lowest BCUT2D eigenvalue weighted by atomic mass is 9.70. The van der Waals surface area contributed by atoms with Gasteiger partial charge in [0.25, 0.3) is 0 Å². The van der Waals surface area contributed by atoms with E-state index >= 15 is 0 Å². The van der Waals surface area contributed by atoms with Gasteiger partial charge >= 0.3 is 0 Å². The normalized spacial score (nSPS) is 22.6. The number of hydrogen-bond acceptors (Lipinski definition) is 3. The molecule has 1 amide bonds. The van der Waals surface area contributed by atoms with E-state index in [1.165, 1.54) is 12.1 Å². The summed E-state index contributed by atoms with van der Waals surface area (Å²) >= 11 is 1.57. The van der Waals surface area contributed by atoms with E-state index in [0.717, 1.165) is 16.1 Å². The van der Waals surface area contributed by atoms with Gasteiger partial charge in [-0.2, -0.15) is 0 Å². The number of hydrogen-bond donors (Lipinski definition) is 0. The largest absolute Gasteiger partial charge is 0.294 e. The molecule has 0 saturated heterocycles. The van der Waals surface area contributed by atoms with Crippen LogP contribution < -0.4 is 4.90 Å². The summed E-state index contributed by atoms with van der Waals surface area (Å²) in [6.45, 7) is 4.08. The first-order valence-corrected chi connectivity index (χ1v) is 9.62. The monoisotopic (exact) mass is 369 g/mol. The second-order valence-corrected chi connectivity index (χ2v) is 8.76. The van der Waals surface area contributed by atoms with Crippen LogP contribution in [0, 0.1) is 11.2 Å². The summed E-state index contributed by atoms with van der Waals surface area (Å²) in [6, 6.07) is 9.97. The van der Waals surface area contributed by atoms with Crippen LogP contribution in [0.5, 0.6) is 0 Å². The first kappa shape index (κ1) is 17.2. The molecule has 134 valence electrons. The molecule has 2 heterocycles. The number of Topliss-reactive ketones (excluding diaryl/α,β-unsaturated/α-hetero) is 1. The molecule has 1 aliphatic carbocycles. The van der Waals surface area contributed by atoms with E-state index in [4.69, 9.17) is 0 Å². The molecule has 3 nitrogen and oxygen atoms in total. The van der Waals surface area contributed by atoms with Gasteiger partial charge in [-0.1, -0.05) is 26.0 Å². The Kier molecular flexibility index (Phi) is 4.07. The molecule has 0 saturated carbocycles. The Balaban J connectivity index is 1.91. The molecule has 26 heavy (non-hydrogen) atoms. The van der Waals surface area contributed by atoms with Crippen LogP contribution >= 0.6 is 11.3 Å². The van der Waals surface area contributed by atoms with Crippen LogP contribution in [-0.2, 0) is 9.59 Å². The molecule has 5 heteroatoms. The highest BCUT2D eigenvalue weighted by Crippen LogP contribution is 2.48.